The number of fused-ring (bicyclic) bond motifs is 1. The molecule has 1 aliphatic rings. The van der Waals surface area contributed by atoms with E-state index < -0.39 is 5.54 Å². The highest BCUT2D eigenvalue weighted by atomic mass is 16.2. The molecular weight excluding hydrogens is 380 g/mol. The minimum absolute atomic E-state index is 0.0234. The zero-order chi connectivity index (χ0) is 21.9. The zero-order valence-corrected chi connectivity index (χ0v) is 17.9. The molecule has 7 nitrogen and oxygen atoms in total. The van der Waals surface area contributed by atoms with Crippen molar-refractivity contribution in [3.63, 3.8) is 0 Å². The summed E-state index contributed by atoms with van der Waals surface area (Å²) in [6.07, 6.45) is 0. The van der Waals surface area contributed by atoms with Crippen molar-refractivity contribution in [2.45, 2.75) is 39.8 Å². The van der Waals surface area contributed by atoms with Crippen molar-refractivity contribution in [1.29, 1.82) is 0 Å². The van der Waals surface area contributed by atoms with Crippen LogP contribution in [0.4, 0.5) is 17.1 Å². The molecule has 3 rings (SSSR count). The summed E-state index contributed by atoms with van der Waals surface area (Å²) < 4.78 is 0. The lowest BCUT2D eigenvalue weighted by Crippen LogP contribution is -2.59. The van der Waals surface area contributed by atoms with Crippen molar-refractivity contribution in [3.8, 4) is 0 Å². The van der Waals surface area contributed by atoms with Crippen molar-refractivity contribution >= 4 is 34.8 Å². The van der Waals surface area contributed by atoms with Gasteiger partial charge in [0.2, 0.25) is 17.7 Å². The van der Waals surface area contributed by atoms with Crippen LogP contribution in [0.1, 0.15) is 33.3 Å². The summed E-state index contributed by atoms with van der Waals surface area (Å²) in [6, 6.07) is 14.9. The van der Waals surface area contributed by atoms with E-state index in [0.29, 0.717) is 24.5 Å². The normalized spacial score (nSPS) is 14.5. The number of nitrogens with zero attached hydrogens (tertiary/aromatic N) is 2. The third-order valence-corrected chi connectivity index (χ3v) is 5.33. The number of carbonyl (C=O) groups excluding carboxylic acids is 3. The number of para-hydroxylation sites is 2. The van der Waals surface area contributed by atoms with Crippen molar-refractivity contribution in [3.05, 3.63) is 54.1 Å². The highest BCUT2D eigenvalue weighted by Gasteiger charge is 2.43. The predicted molar refractivity (Wildman–Crippen MR) is 118 cm³/mol. The van der Waals surface area contributed by atoms with Crippen molar-refractivity contribution in [1.82, 2.24) is 4.90 Å². The monoisotopic (exact) mass is 408 g/mol. The van der Waals surface area contributed by atoms with Gasteiger partial charge in [-0.1, -0.05) is 24.3 Å². The van der Waals surface area contributed by atoms with Crippen LogP contribution in [0.5, 0.6) is 0 Å². The molecule has 0 spiro atoms. The van der Waals surface area contributed by atoms with E-state index in [4.69, 9.17) is 0 Å². The Morgan fingerprint density at radius 3 is 2.57 bits per heavy atom. The van der Waals surface area contributed by atoms with Crippen LogP contribution >= 0.6 is 0 Å². The predicted octanol–water partition coefficient (Wildman–Crippen LogP) is 3.23. The summed E-state index contributed by atoms with van der Waals surface area (Å²) in [5.74, 6) is -0.401. The molecule has 2 aromatic carbocycles. The number of nitrogens with one attached hydrogen (secondary N) is 2. The number of hydrogen-bond donors (Lipinski definition) is 2. The fourth-order valence-corrected chi connectivity index (χ4v) is 3.60. The highest BCUT2D eigenvalue weighted by Crippen LogP contribution is 2.36. The molecule has 1 aliphatic heterocycles. The van der Waals surface area contributed by atoms with Crippen LogP contribution in [-0.4, -0.2) is 41.2 Å². The summed E-state index contributed by atoms with van der Waals surface area (Å²) in [5, 5.41) is 6.02. The molecule has 0 atom stereocenters. The number of anilines is 3. The number of hydrogen-bond acceptors (Lipinski definition) is 4. The molecule has 0 saturated carbocycles. The summed E-state index contributed by atoms with van der Waals surface area (Å²) >= 11 is 0. The number of amides is 3. The number of carbonyl (C=O) groups is 3. The second-order valence-corrected chi connectivity index (χ2v) is 7.85. The van der Waals surface area contributed by atoms with E-state index in [9.17, 15) is 14.4 Å². The second kappa shape index (κ2) is 8.57. The van der Waals surface area contributed by atoms with E-state index in [1.54, 1.807) is 36.6 Å². The van der Waals surface area contributed by atoms with E-state index in [1.165, 1.54) is 0 Å². The molecule has 158 valence electrons. The molecule has 0 radical (unpaired) electrons. The smallest absolute Gasteiger partial charge is 0.250 e. The molecule has 0 aromatic heterocycles. The summed E-state index contributed by atoms with van der Waals surface area (Å²) in [7, 11) is 0. The largest absolute Gasteiger partial charge is 0.376 e. The van der Waals surface area contributed by atoms with Gasteiger partial charge in [0.25, 0.3) is 0 Å². The maximum absolute atomic E-state index is 13.1. The first-order chi connectivity index (χ1) is 14.2. The van der Waals surface area contributed by atoms with E-state index in [0.717, 1.165) is 11.3 Å². The van der Waals surface area contributed by atoms with Gasteiger partial charge >= 0.3 is 0 Å². The lowest BCUT2D eigenvalue weighted by atomic mass is 9.96. The topological polar surface area (TPSA) is 81.8 Å². The Kier molecular flexibility index (Phi) is 6.10. The van der Waals surface area contributed by atoms with Gasteiger partial charge in [0.1, 0.15) is 5.54 Å². The van der Waals surface area contributed by atoms with Crippen LogP contribution < -0.4 is 15.5 Å². The van der Waals surface area contributed by atoms with Crippen LogP contribution in [0.25, 0.3) is 0 Å². The first kappa shape index (κ1) is 21.4. The van der Waals surface area contributed by atoms with Gasteiger partial charge in [-0.15, -0.1) is 0 Å². The lowest BCUT2D eigenvalue weighted by Gasteiger charge is -2.42. The molecule has 1 heterocycles. The summed E-state index contributed by atoms with van der Waals surface area (Å²) in [4.78, 5) is 40.6. The average molecular weight is 409 g/mol. The Hall–Kier alpha value is -3.35. The Morgan fingerprint density at radius 2 is 1.87 bits per heavy atom. The Morgan fingerprint density at radius 1 is 1.13 bits per heavy atom. The molecular formula is C23H28N4O3. The first-order valence-electron chi connectivity index (χ1n) is 10.1. The standard InChI is InChI=1S/C23H28N4O3/c1-5-26(16(2)28)15-17-9-8-10-18(13-17)24-14-21(29)27-20-12-7-6-11-19(20)25-22(30)23(27,3)4/h6-13,24H,5,14-15H2,1-4H3,(H,25,30). The van der Waals surface area contributed by atoms with Gasteiger partial charge in [-0.3, -0.25) is 19.3 Å². The van der Waals surface area contributed by atoms with Gasteiger partial charge in [-0.2, -0.15) is 0 Å². The van der Waals surface area contributed by atoms with E-state index in [2.05, 4.69) is 10.6 Å². The van der Waals surface area contributed by atoms with E-state index >= 15 is 0 Å². The molecule has 0 unspecified atom stereocenters. The minimum Gasteiger partial charge on any atom is -0.376 e. The second-order valence-electron chi connectivity index (χ2n) is 7.85. The third kappa shape index (κ3) is 4.30. The first-order valence-corrected chi connectivity index (χ1v) is 10.1. The van der Waals surface area contributed by atoms with Crippen LogP contribution in [0.2, 0.25) is 0 Å². The van der Waals surface area contributed by atoms with Crippen molar-refractivity contribution in [2.24, 2.45) is 0 Å². The highest BCUT2D eigenvalue weighted by molar-refractivity contribution is 6.14. The van der Waals surface area contributed by atoms with Gasteiger partial charge < -0.3 is 15.5 Å². The number of rotatable bonds is 6. The van der Waals surface area contributed by atoms with Crippen LogP contribution in [-0.2, 0) is 20.9 Å². The van der Waals surface area contributed by atoms with Crippen LogP contribution in [0.15, 0.2) is 48.5 Å². The Labute approximate surface area is 177 Å². The Bertz CT molecular complexity index is 970. The summed E-state index contributed by atoms with van der Waals surface area (Å²) in [5.41, 5.74) is 2.07. The van der Waals surface area contributed by atoms with Gasteiger partial charge in [0, 0.05) is 25.7 Å². The minimum atomic E-state index is -1.00. The molecule has 0 fully saturated rings. The fourth-order valence-electron chi connectivity index (χ4n) is 3.60. The van der Waals surface area contributed by atoms with Crippen LogP contribution in [0.3, 0.4) is 0 Å². The van der Waals surface area contributed by atoms with E-state index in [-0.39, 0.29) is 24.3 Å². The lowest BCUT2D eigenvalue weighted by molar-refractivity contribution is -0.129. The molecule has 3 amide bonds. The maximum Gasteiger partial charge on any atom is 0.250 e. The van der Waals surface area contributed by atoms with Crippen LogP contribution in [0, 0.1) is 0 Å². The molecule has 30 heavy (non-hydrogen) atoms. The van der Waals surface area contributed by atoms with Crippen molar-refractivity contribution < 1.29 is 14.4 Å². The van der Waals surface area contributed by atoms with Crippen molar-refractivity contribution in [2.75, 3.05) is 28.6 Å². The average Bonchev–Trinajstić information content (AvgIpc) is 2.71. The molecule has 7 heteroatoms. The number of benzene rings is 2. The van der Waals surface area contributed by atoms with Gasteiger partial charge in [-0.05, 0) is 50.6 Å². The quantitative estimate of drug-likeness (QED) is 0.769. The van der Waals surface area contributed by atoms with E-state index in [1.807, 2.05) is 49.4 Å². The SMILES string of the molecule is CCN(Cc1cccc(NCC(=O)N2c3ccccc3NC(=O)C2(C)C)c1)C(C)=O. The molecule has 2 N–H and O–H groups in total. The van der Waals surface area contributed by atoms with Gasteiger partial charge in [-0.25, -0.2) is 0 Å². The molecule has 2 aromatic rings. The fraction of sp³-hybridized carbons (Fsp3) is 0.348. The summed E-state index contributed by atoms with van der Waals surface area (Å²) in [6.45, 7) is 8.16. The molecule has 0 bridgehead atoms. The third-order valence-electron chi connectivity index (χ3n) is 5.33. The van der Waals surface area contributed by atoms with Gasteiger partial charge in [0.15, 0.2) is 0 Å². The Balaban J connectivity index is 1.75. The molecule has 0 saturated heterocycles. The molecule has 0 aliphatic carbocycles. The maximum atomic E-state index is 13.1. The zero-order valence-electron chi connectivity index (χ0n) is 17.9. The van der Waals surface area contributed by atoms with Gasteiger partial charge in [0.05, 0.1) is 17.9 Å².